The number of carbonyl (C=O) groups excluding carboxylic acids is 1. The molecule has 0 unspecified atom stereocenters. The highest BCUT2D eigenvalue weighted by atomic mass is 16.5. The van der Waals surface area contributed by atoms with Gasteiger partial charge in [0.2, 0.25) is 5.78 Å². The number of aromatic nitrogens is 3. The number of rotatable bonds is 5. The second-order valence-electron chi connectivity index (χ2n) is 4.66. The molecule has 22 heavy (non-hydrogen) atoms. The van der Waals surface area contributed by atoms with Crippen molar-refractivity contribution in [3.05, 3.63) is 67.0 Å². The predicted octanol–water partition coefficient (Wildman–Crippen LogP) is 1.32. The average molecular weight is 289 g/mol. The molecule has 0 aliphatic heterocycles. The zero-order chi connectivity index (χ0) is 15.4. The lowest BCUT2D eigenvalue weighted by molar-refractivity contribution is 0.0916. The molecule has 3 aromatic rings. The van der Waals surface area contributed by atoms with Crippen molar-refractivity contribution in [2.24, 2.45) is 0 Å². The van der Waals surface area contributed by atoms with Gasteiger partial charge in [-0.2, -0.15) is 0 Å². The first kappa shape index (κ1) is 14.1. The zero-order valence-electron chi connectivity index (χ0n) is 11.7. The van der Waals surface area contributed by atoms with Crippen LogP contribution in [-0.2, 0) is 0 Å². The van der Waals surface area contributed by atoms with Crippen LogP contribution < -0.4 is 10.2 Å². The molecule has 0 spiro atoms. The van der Waals surface area contributed by atoms with Crippen molar-refractivity contribution in [1.82, 2.24) is 14.5 Å². The summed E-state index contributed by atoms with van der Waals surface area (Å²) in [6.07, 6.45) is 6.43. The minimum atomic E-state index is -0.202. The topological polar surface area (TPSA) is 57.0 Å². The van der Waals surface area contributed by atoms with Crippen molar-refractivity contribution >= 4 is 19.1 Å². The van der Waals surface area contributed by atoms with E-state index in [1.165, 1.54) is 0 Å². The molecule has 0 aliphatic rings. The third kappa shape index (κ3) is 3.23. The van der Waals surface area contributed by atoms with E-state index < -0.39 is 0 Å². The maximum atomic E-state index is 12.1. The van der Waals surface area contributed by atoms with E-state index in [1.807, 2.05) is 18.2 Å². The van der Waals surface area contributed by atoms with E-state index in [0.717, 1.165) is 5.69 Å². The summed E-state index contributed by atoms with van der Waals surface area (Å²) in [6.45, 7) is -0.0837. The van der Waals surface area contributed by atoms with Crippen molar-refractivity contribution in [3.8, 4) is 11.4 Å². The summed E-state index contributed by atoms with van der Waals surface area (Å²) < 4.78 is 7.12. The summed E-state index contributed by atoms with van der Waals surface area (Å²) in [5.74, 6) is 0.345. The smallest absolute Gasteiger partial charge is 0.220 e. The first-order valence-corrected chi connectivity index (χ1v) is 6.68. The minimum Gasteiger partial charge on any atom is -0.484 e. The Hall–Kier alpha value is -2.89. The third-order valence-electron chi connectivity index (χ3n) is 3.04. The van der Waals surface area contributed by atoms with Gasteiger partial charge in [-0.3, -0.25) is 9.78 Å². The molecule has 0 N–H and O–H groups in total. The van der Waals surface area contributed by atoms with Gasteiger partial charge in [-0.05, 0) is 24.3 Å². The molecule has 2 radical (unpaired) electrons. The second kappa shape index (κ2) is 6.26. The molecule has 1 aromatic carbocycles. The number of hydrogen-bond acceptors (Lipinski definition) is 4. The van der Waals surface area contributed by atoms with Gasteiger partial charge < -0.3 is 9.30 Å². The van der Waals surface area contributed by atoms with E-state index in [9.17, 15) is 4.79 Å². The Labute approximate surface area is 129 Å². The van der Waals surface area contributed by atoms with Crippen LogP contribution in [0.5, 0.6) is 5.75 Å². The van der Waals surface area contributed by atoms with Crippen molar-refractivity contribution in [2.75, 3.05) is 6.61 Å². The first-order chi connectivity index (χ1) is 10.7. The van der Waals surface area contributed by atoms with Crippen LogP contribution in [0.3, 0.4) is 0 Å². The summed E-state index contributed by atoms with van der Waals surface area (Å²) in [4.78, 5) is 20.1. The lowest BCUT2D eigenvalue weighted by atomic mass is 9.96. The number of hydrogen-bond donors (Lipinski definition) is 0. The average Bonchev–Trinajstić information content (AvgIpc) is 3.04. The Kier molecular flexibility index (Phi) is 4.00. The van der Waals surface area contributed by atoms with Crippen LogP contribution in [0.2, 0.25) is 0 Å². The van der Waals surface area contributed by atoms with Gasteiger partial charge in [-0.15, -0.1) is 0 Å². The number of ether oxygens (including phenoxy) is 1. The molecule has 0 saturated heterocycles. The highest BCUT2D eigenvalue weighted by molar-refractivity contribution is 6.32. The van der Waals surface area contributed by atoms with Gasteiger partial charge in [-0.25, -0.2) is 4.98 Å². The standard InChI is InChI=1S/C16H12BN3O2/c17-12-3-1-4-13(7-12)20-9-15(19-11-20)16(21)10-22-14-5-2-6-18-8-14/h1-9,11H,10H2. The fraction of sp³-hybridized carbons (Fsp3) is 0.0625. The SMILES string of the molecule is [B]c1cccc(-n2cnc(C(=O)COc3cccnc3)c2)c1. The molecule has 5 nitrogen and oxygen atoms in total. The van der Waals surface area contributed by atoms with E-state index in [1.54, 1.807) is 47.7 Å². The number of benzene rings is 1. The van der Waals surface area contributed by atoms with Crippen LogP contribution in [0, 0.1) is 0 Å². The molecule has 106 valence electrons. The maximum Gasteiger partial charge on any atom is 0.220 e. The van der Waals surface area contributed by atoms with Crippen LogP contribution in [0.15, 0.2) is 61.3 Å². The second-order valence-corrected chi connectivity index (χ2v) is 4.66. The van der Waals surface area contributed by atoms with Gasteiger partial charge >= 0.3 is 0 Å². The van der Waals surface area contributed by atoms with Gasteiger partial charge in [-0.1, -0.05) is 17.6 Å². The summed E-state index contributed by atoms with van der Waals surface area (Å²) in [5.41, 5.74) is 1.84. The molecular formula is C16H12BN3O2. The Morgan fingerprint density at radius 3 is 2.95 bits per heavy atom. The minimum absolute atomic E-state index is 0.0837. The van der Waals surface area contributed by atoms with Crippen LogP contribution >= 0.6 is 0 Å². The van der Waals surface area contributed by atoms with E-state index in [2.05, 4.69) is 9.97 Å². The molecule has 3 rings (SSSR count). The van der Waals surface area contributed by atoms with Gasteiger partial charge in [0, 0.05) is 18.1 Å². The number of imidazole rings is 1. The molecule has 0 amide bonds. The quantitative estimate of drug-likeness (QED) is 0.525. The number of Topliss-reactive ketones (excluding diaryl/α,β-unsaturated/α-hetero) is 1. The molecule has 0 saturated carbocycles. The predicted molar refractivity (Wildman–Crippen MR) is 83.0 cm³/mol. The van der Waals surface area contributed by atoms with Crippen molar-refractivity contribution in [3.63, 3.8) is 0 Å². The van der Waals surface area contributed by atoms with E-state index in [-0.39, 0.29) is 12.4 Å². The molecule has 0 atom stereocenters. The van der Waals surface area contributed by atoms with E-state index >= 15 is 0 Å². The number of nitrogens with zero attached hydrogens (tertiary/aromatic N) is 3. The largest absolute Gasteiger partial charge is 0.484 e. The molecule has 2 aromatic heterocycles. The Morgan fingerprint density at radius 1 is 1.27 bits per heavy atom. The van der Waals surface area contributed by atoms with Gasteiger partial charge in [0.15, 0.2) is 6.61 Å². The summed E-state index contributed by atoms with van der Waals surface area (Å²) in [5, 5.41) is 0. The molecular weight excluding hydrogens is 277 g/mol. The lowest BCUT2D eigenvalue weighted by Crippen LogP contribution is -2.12. The van der Waals surface area contributed by atoms with E-state index in [4.69, 9.17) is 12.6 Å². The molecule has 6 heteroatoms. The van der Waals surface area contributed by atoms with Crippen LogP contribution in [0.1, 0.15) is 10.5 Å². The van der Waals surface area contributed by atoms with Crippen molar-refractivity contribution in [2.45, 2.75) is 0 Å². The van der Waals surface area contributed by atoms with Crippen molar-refractivity contribution in [1.29, 1.82) is 0 Å². The highest BCUT2D eigenvalue weighted by Crippen LogP contribution is 2.09. The molecule has 0 fully saturated rings. The molecule has 0 aliphatic carbocycles. The Bertz CT molecular complexity index is 787. The number of carbonyl (C=O) groups is 1. The Balaban J connectivity index is 1.69. The summed E-state index contributed by atoms with van der Waals surface area (Å²) in [7, 11) is 5.75. The Morgan fingerprint density at radius 2 is 2.18 bits per heavy atom. The summed E-state index contributed by atoms with van der Waals surface area (Å²) in [6, 6.07) is 10.8. The van der Waals surface area contributed by atoms with Gasteiger partial charge in [0.05, 0.1) is 6.20 Å². The van der Waals surface area contributed by atoms with Crippen LogP contribution in [0.25, 0.3) is 5.69 Å². The summed E-state index contributed by atoms with van der Waals surface area (Å²) >= 11 is 0. The number of pyridine rings is 1. The number of ketones is 1. The van der Waals surface area contributed by atoms with Crippen LogP contribution in [0.4, 0.5) is 0 Å². The van der Waals surface area contributed by atoms with Gasteiger partial charge in [0.1, 0.15) is 25.6 Å². The zero-order valence-corrected chi connectivity index (χ0v) is 11.7. The van der Waals surface area contributed by atoms with Gasteiger partial charge in [0.25, 0.3) is 0 Å². The first-order valence-electron chi connectivity index (χ1n) is 6.68. The molecule has 0 bridgehead atoms. The monoisotopic (exact) mass is 289 g/mol. The highest BCUT2D eigenvalue weighted by Gasteiger charge is 2.11. The van der Waals surface area contributed by atoms with Crippen LogP contribution in [-0.4, -0.2) is 34.8 Å². The fourth-order valence-electron chi connectivity index (χ4n) is 1.95. The normalized spacial score (nSPS) is 10.4. The van der Waals surface area contributed by atoms with E-state index in [0.29, 0.717) is 16.9 Å². The third-order valence-corrected chi connectivity index (χ3v) is 3.04. The fourth-order valence-corrected chi connectivity index (χ4v) is 1.95. The maximum absolute atomic E-state index is 12.1. The lowest BCUT2D eigenvalue weighted by Gasteiger charge is -2.03. The van der Waals surface area contributed by atoms with Crippen molar-refractivity contribution < 1.29 is 9.53 Å². The molecule has 2 heterocycles.